The minimum atomic E-state index is -1.74. The van der Waals surface area contributed by atoms with E-state index in [4.69, 9.17) is 9.84 Å². The van der Waals surface area contributed by atoms with Gasteiger partial charge in [0.05, 0.1) is 7.11 Å². The number of nitrogens with zero attached hydrogens (tertiary/aromatic N) is 1. The number of aliphatic hydroxyl groups is 1. The number of likely N-dealkylation sites (tertiary alicyclic amines) is 1. The standard InChI is InChI=1S/C18H19NO5/c1-24-15-7-6-14(12-4-2-3-5-13(12)15)16(20)19-10-8-18(23,9-11-19)17(21)22/h2-7,23H,8-11H2,1H3,(H,21,22). The monoisotopic (exact) mass is 329 g/mol. The maximum Gasteiger partial charge on any atom is 0.335 e. The molecule has 0 radical (unpaired) electrons. The van der Waals surface area contributed by atoms with E-state index in [1.165, 1.54) is 0 Å². The Hall–Kier alpha value is -2.60. The normalized spacial score (nSPS) is 16.8. The number of carboxylic acids is 1. The number of aliphatic carboxylic acids is 1. The highest BCUT2D eigenvalue weighted by molar-refractivity contribution is 6.08. The average Bonchev–Trinajstić information content (AvgIpc) is 2.60. The molecule has 24 heavy (non-hydrogen) atoms. The zero-order valence-corrected chi connectivity index (χ0v) is 13.4. The molecule has 2 N–H and O–H groups in total. The van der Waals surface area contributed by atoms with Crippen molar-refractivity contribution in [1.82, 2.24) is 4.90 Å². The van der Waals surface area contributed by atoms with Crippen molar-refractivity contribution in [3.63, 3.8) is 0 Å². The van der Waals surface area contributed by atoms with E-state index in [1.807, 2.05) is 24.3 Å². The summed E-state index contributed by atoms with van der Waals surface area (Å²) in [6, 6.07) is 11.0. The van der Waals surface area contributed by atoms with Gasteiger partial charge in [-0.05, 0) is 17.5 Å². The molecule has 0 saturated carbocycles. The summed E-state index contributed by atoms with van der Waals surface area (Å²) in [6.07, 6.45) is 0.0598. The van der Waals surface area contributed by atoms with Gasteiger partial charge in [0.1, 0.15) is 5.75 Å². The largest absolute Gasteiger partial charge is 0.496 e. The number of ether oxygens (including phenoxy) is 1. The zero-order valence-electron chi connectivity index (χ0n) is 13.4. The molecule has 3 rings (SSSR count). The predicted octanol–water partition coefficient (Wildman–Crippen LogP) is 1.90. The highest BCUT2D eigenvalue weighted by atomic mass is 16.5. The summed E-state index contributed by atoms with van der Waals surface area (Å²) in [5.74, 6) is -0.702. The van der Waals surface area contributed by atoms with Gasteiger partial charge in [-0.15, -0.1) is 0 Å². The molecule has 6 nitrogen and oxygen atoms in total. The number of carbonyl (C=O) groups is 2. The Morgan fingerprint density at radius 1 is 1.08 bits per heavy atom. The van der Waals surface area contributed by atoms with E-state index in [9.17, 15) is 14.7 Å². The Morgan fingerprint density at radius 3 is 2.29 bits per heavy atom. The van der Waals surface area contributed by atoms with Crippen molar-refractivity contribution in [1.29, 1.82) is 0 Å². The molecular weight excluding hydrogens is 310 g/mol. The topological polar surface area (TPSA) is 87.1 Å². The molecule has 2 aromatic rings. The SMILES string of the molecule is COc1ccc(C(=O)N2CCC(O)(C(=O)O)CC2)c2ccccc12. The molecule has 1 aliphatic heterocycles. The summed E-state index contributed by atoms with van der Waals surface area (Å²) < 4.78 is 5.34. The summed E-state index contributed by atoms with van der Waals surface area (Å²) in [5, 5.41) is 20.7. The lowest BCUT2D eigenvalue weighted by molar-refractivity contribution is -0.162. The first-order valence-corrected chi connectivity index (χ1v) is 7.77. The van der Waals surface area contributed by atoms with Crippen LogP contribution in [-0.2, 0) is 4.79 Å². The fourth-order valence-electron chi connectivity index (χ4n) is 3.10. The highest BCUT2D eigenvalue weighted by Gasteiger charge is 2.40. The Kier molecular flexibility index (Phi) is 4.15. The van der Waals surface area contributed by atoms with Crippen LogP contribution in [0.3, 0.4) is 0 Å². The molecule has 0 aliphatic carbocycles. The number of benzene rings is 2. The smallest absolute Gasteiger partial charge is 0.335 e. The van der Waals surface area contributed by atoms with E-state index in [1.54, 1.807) is 24.1 Å². The van der Waals surface area contributed by atoms with Gasteiger partial charge >= 0.3 is 5.97 Å². The minimum Gasteiger partial charge on any atom is -0.496 e. The van der Waals surface area contributed by atoms with Crippen LogP contribution in [0.1, 0.15) is 23.2 Å². The lowest BCUT2D eigenvalue weighted by atomic mass is 9.91. The van der Waals surface area contributed by atoms with Crippen molar-refractivity contribution in [3.8, 4) is 5.75 Å². The second kappa shape index (κ2) is 6.13. The molecule has 1 aliphatic rings. The number of carboxylic acid groups (broad SMARTS) is 1. The maximum absolute atomic E-state index is 12.9. The van der Waals surface area contributed by atoms with E-state index in [0.717, 1.165) is 10.8 Å². The van der Waals surface area contributed by atoms with E-state index in [-0.39, 0.29) is 31.8 Å². The Morgan fingerprint density at radius 2 is 1.71 bits per heavy atom. The van der Waals surface area contributed by atoms with Gasteiger partial charge in [-0.2, -0.15) is 0 Å². The first-order chi connectivity index (χ1) is 11.5. The molecule has 1 fully saturated rings. The van der Waals surface area contributed by atoms with Crippen LogP contribution < -0.4 is 4.74 Å². The van der Waals surface area contributed by atoms with Gasteiger partial charge in [0, 0.05) is 36.9 Å². The minimum absolute atomic E-state index is 0.0299. The number of rotatable bonds is 3. The Balaban J connectivity index is 1.89. The molecule has 6 heteroatoms. The maximum atomic E-state index is 12.9. The van der Waals surface area contributed by atoms with Crippen LogP contribution >= 0.6 is 0 Å². The van der Waals surface area contributed by atoms with Gasteiger partial charge in [-0.1, -0.05) is 24.3 Å². The fraction of sp³-hybridized carbons (Fsp3) is 0.333. The molecule has 126 valence electrons. The number of piperidine rings is 1. The number of amides is 1. The predicted molar refractivity (Wildman–Crippen MR) is 88.2 cm³/mol. The average molecular weight is 329 g/mol. The number of hydrogen-bond donors (Lipinski definition) is 2. The van der Waals surface area contributed by atoms with Gasteiger partial charge in [0.2, 0.25) is 0 Å². The molecule has 1 amide bonds. The third-order valence-electron chi connectivity index (χ3n) is 4.61. The van der Waals surface area contributed by atoms with Gasteiger partial charge < -0.3 is 19.8 Å². The van der Waals surface area contributed by atoms with Crippen molar-refractivity contribution in [2.75, 3.05) is 20.2 Å². The summed E-state index contributed by atoms with van der Waals surface area (Å²) in [5.41, 5.74) is -1.19. The number of methoxy groups -OCH3 is 1. The van der Waals surface area contributed by atoms with Crippen LogP contribution in [0.15, 0.2) is 36.4 Å². The van der Waals surface area contributed by atoms with Crippen LogP contribution in [-0.4, -0.2) is 52.8 Å². The van der Waals surface area contributed by atoms with Crippen LogP contribution in [0.4, 0.5) is 0 Å². The third kappa shape index (κ3) is 2.69. The Bertz CT molecular complexity index is 793. The summed E-state index contributed by atoms with van der Waals surface area (Å²) >= 11 is 0. The van der Waals surface area contributed by atoms with Crippen molar-refractivity contribution in [2.24, 2.45) is 0 Å². The molecule has 1 saturated heterocycles. The molecule has 1 heterocycles. The lowest BCUT2D eigenvalue weighted by Gasteiger charge is -2.35. The van der Waals surface area contributed by atoms with Crippen molar-refractivity contribution >= 4 is 22.6 Å². The second-order valence-electron chi connectivity index (χ2n) is 5.99. The number of carbonyl (C=O) groups excluding carboxylic acids is 1. The van der Waals surface area contributed by atoms with E-state index in [0.29, 0.717) is 11.3 Å². The van der Waals surface area contributed by atoms with Gasteiger partial charge in [-0.25, -0.2) is 4.79 Å². The van der Waals surface area contributed by atoms with Crippen LogP contribution in [0.2, 0.25) is 0 Å². The van der Waals surface area contributed by atoms with Crippen molar-refractivity contribution in [2.45, 2.75) is 18.4 Å². The zero-order chi connectivity index (χ0) is 17.3. The van der Waals surface area contributed by atoms with Gasteiger partial charge in [0.15, 0.2) is 5.60 Å². The van der Waals surface area contributed by atoms with Gasteiger partial charge in [0.25, 0.3) is 5.91 Å². The Labute approximate surface area is 139 Å². The molecule has 0 aromatic heterocycles. The highest BCUT2D eigenvalue weighted by Crippen LogP contribution is 2.30. The quantitative estimate of drug-likeness (QED) is 0.898. The third-order valence-corrected chi connectivity index (χ3v) is 4.61. The van der Waals surface area contributed by atoms with Crippen LogP contribution in [0, 0.1) is 0 Å². The van der Waals surface area contributed by atoms with E-state index >= 15 is 0 Å². The second-order valence-corrected chi connectivity index (χ2v) is 5.99. The molecule has 2 aromatic carbocycles. The molecule has 0 atom stereocenters. The van der Waals surface area contributed by atoms with E-state index < -0.39 is 11.6 Å². The number of hydrogen-bond acceptors (Lipinski definition) is 4. The molecular formula is C18H19NO5. The molecule has 0 bridgehead atoms. The van der Waals surface area contributed by atoms with Crippen LogP contribution in [0.25, 0.3) is 10.8 Å². The lowest BCUT2D eigenvalue weighted by Crippen LogP contribution is -2.50. The fourth-order valence-corrected chi connectivity index (χ4v) is 3.10. The first kappa shape index (κ1) is 16.3. The van der Waals surface area contributed by atoms with Crippen LogP contribution in [0.5, 0.6) is 5.75 Å². The van der Waals surface area contributed by atoms with E-state index in [2.05, 4.69) is 0 Å². The van der Waals surface area contributed by atoms with Gasteiger partial charge in [-0.3, -0.25) is 4.79 Å². The van der Waals surface area contributed by atoms with Crippen molar-refractivity contribution < 1.29 is 24.5 Å². The summed E-state index contributed by atoms with van der Waals surface area (Å²) in [6.45, 7) is 0.421. The van der Waals surface area contributed by atoms with Crippen molar-refractivity contribution in [3.05, 3.63) is 42.0 Å². The summed E-state index contributed by atoms with van der Waals surface area (Å²) in [4.78, 5) is 25.5. The molecule has 0 spiro atoms. The first-order valence-electron chi connectivity index (χ1n) is 7.77. The number of fused-ring (bicyclic) bond motifs is 1. The summed E-state index contributed by atoms with van der Waals surface area (Å²) in [7, 11) is 1.58. The molecule has 0 unspecified atom stereocenters.